The summed E-state index contributed by atoms with van der Waals surface area (Å²) in [6.07, 6.45) is -7.66. The van der Waals surface area contributed by atoms with Gasteiger partial charge in [-0.3, -0.25) is 4.79 Å². The molecular formula is C14H15F4N3O2. The summed E-state index contributed by atoms with van der Waals surface area (Å²) in [7, 11) is 3.54. The average Bonchev–Trinajstić information content (AvgIpc) is 2.86. The molecule has 126 valence electrons. The van der Waals surface area contributed by atoms with Crippen molar-refractivity contribution in [3.8, 4) is 0 Å². The van der Waals surface area contributed by atoms with Crippen LogP contribution in [-0.2, 0) is 0 Å². The van der Waals surface area contributed by atoms with E-state index in [-0.39, 0.29) is 10.6 Å². The third kappa shape index (κ3) is 3.14. The molecule has 1 aliphatic heterocycles. The molecule has 1 aromatic rings. The highest BCUT2D eigenvalue weighted by atomic mass is 19.3. The van der Waals surface area contributed by atoms with Crippen LogP contribution < -0.4 is 4.90 Å². The van der Waals surface area contributed by atoms with Crippen molar-refractivity contribution in [2.75, 3.05) is 19.0 Å². The molecule has 1 aromatic carbocycles. The van der Waals surface area contributed by atoms with Gasteiger partial charge in [0.05, 0.1) is 0 Å². The zero-order valence-corrected chi connectivity index (χ0v) is 12.4. The smallest absolute Gasteiger partial charge is 0.287 e. The first-order valence-electron chi connectivity index (χ1n) is 6.65. The van der Waals surface area contributed by atoms with Crippen molar-refractivity contribution in [1.82, 2.24) is 5.01 Å². The van der Waals surface area contributed by atoms with Crippen LogP contribution in [0.3, 0.4) is 0 Å². The topological polar surface area (TPSA) is 56.1 Å². The molecule has 0 spiro atoms. The summed E-state index contributed by atoms with van der Waals surface area (Å²) in [6, 6.07) is 5.81. The fourth-order valence-corrected chi connectivity index (χ4v) is 2.13. The quantitative estimate of drug-likeness (QED) is 0.859. The molecule has 9 heteroatoms. The fraction of sp³-hybridized carbons (Fsp3) is 0.429. The Labute approximate surface area is 129 Å². The van der Waals surface area contributed by atoms with Gasteiger partial charge in [0.1, 0.15) is 5.71 Å². The Morgan fingerprint density at radius 2 is 1.83 bits per heavy atom. The number of carbonyl (C=O) groups excluding carboxylic acids is 1. The zero-order valence-electron chi connectivity index (χ0n) is 12.4. The van der Waals surface area contributed by atoms with Gasteiger partial charge in [-0.15, -0.1) is 0 Å². The Bertz CT molecular complexity index is 619. The minimum atomic E-state index is -3.44. The second-order valence-corrected chi connectivity index (χ2v) is 5.31. The SMILES string of the molecule is CN(C)c1ccc(C(=O)N2N=C(C(F)F)CC2(O)C(F)F)cc1. The summed E-state index contributed by atoms with van der Waals surface area (Å²) < 4.78 is 51.6. The van der Waals surface area contributed by atoms with Gasteiger partial charge in [0.2, 0.25) is 5.72 Å². The van der Waals surface area contributed by atoms with Gasteiger partial charge in [-0.25, -0.2) is 17.6 Å². The van der Waals surface area contributed by atoms with Gasteiger partial charge in [0.15, 0.2) is 0 Å². The first-order chi connectivity index (χ1) is 10.7. The first kappa shape index (κ1) is 17.2. The number of rotatable bonds is 4. The highest BCUT2D eigenvalue weighted by Gasteiger charge is 2.53. The maximum Gasteiger partial charge on any atom is 0.287 e. The van der Waals surface area contributed by atoms with E-state index in [9.17, 15) is 27.5 Å². The summed E-state index contributed by atoms with van der Waals surface area (Å²) >= 11 is 0. The van der Waals surface area contributed by atoms with Gasteiger partial charge in [-0.05, 0) is 24.3 Å². The van der Waals surface area contributed by atoms with Crippen molar-refractivity contribution in [3.05, 3.63) is 29.8 Å². The molecule has 1 N–H and O–H groups in total. The van der Waals surface area contributed by atoms with Crippen molar-refractivity contribution < 1.29 is 27.5 Å². The number of benzene rings is 1. The molecule has 1 aliphatic rings. The van der Waals surface area contributed by atoms with E-state index in [0.29, 0.717) is 0 Å². The lowest BCUT2D eigenvalue weighted by molar-refractivity contribution is -0.164. The van der Waals surface area contributed by atoms with Crippen molar-refractivity contribution in [2.45, 2.75) is 25.0 Å². The summed E-state index contributed by atoms with van der Waals surface area (Å²) in [4.78, 5) is 14.0. The van der Waals surface area contributed by atoms with E-state index in [1.165, 1.54) is 12.1 Å². The molecule has 0 aromatic heterocycles. The monoisotopic (exact) mass is 333 g/mol. The molecule has 0 bridgehead atoms. The van der Waals surface area contributed by atoms with E-state index < -0.39 is 36.6 Å². The van der Waals surface area contributed by atoms with Crippen LogP contribution in [0.2, 0.25) is 0 Å². The fourth-order valence-electron chi connectivity index (χ4n) is 2.13. The van der Waals surface area contributed by atoms with Gasteiger partial charge < -0.3 is 10.0 Å². The van der Waals surface area contributed by atoms with Crippen LogP contribution in [0.1, 0.15) is 16.8 Å². The Morgan fingerprint density at radius 1 is 1.26 bits per heavy atom. The molecule has 0 aliphatic carbocycles. The molecule has 1 atom stereocenters. The third-order valence-corrected chi connectivity index (χ3v) is 3.46. The molecule has 0 saturated heterocycles. The summed E-state index contributed by atoms with van der Waals surface area (Å²) in [6.45, 7) is 0. The standard InChI is InChI=1S/C14H15F4N3O2/c1-20(2)9-5-3-8(4-6-9)12(22)21-14(23,13(17)18)7-10(19-21)11(15)16/h3-6,11,13,23H,7H2,1-2H3. The summed E-state index contributed by atoms with van der Waals surface area (Å²) in [5.41, 5.74) is -3.31. The third-order valence-electron chi connectivity index (χ3n) is 3.46. The lowest BCUT2D eigenvalue weighted by Crippen LogP contribution is -2.51. The number of hydrogen-bond acceptors (Lipinski definition) is 4. The van der Waals surface area contributed by atoms with Crippen LogP contribution in [0.15, 0.2) is 29.4 Å². The summed E-state index contributed by atoms with van der Waals surface area (Å²) in [5, 5.41) is 13.2. The lowest BCUT2D eigenvalue weighted by atomic mass is 10.1. The van der Waals surface area contributed by atoms with E-state index >= 15 is 0 Å². The van der Waals surface area contributed by atoms with Crippen LogP contribution in [0, 0.1) is 0 Å². The second-order valence-electron chi connectivity index (χ2n) is 5.31. The number of alkyl halides is 4. The van der Waals surface area contributed by atoms with Crippen molar-refractivity contribution in [3.63, 3.8) is 0 Å². The molecule has 1 heterocycles. The maximum absolute atomic E-state index is 13.1. The van der Waals surface area contributed by atoms with E-state index in [1.807, 2.05) is 0 Å². The summed E-state index contributed by atoms with van der Waals surface area (Å²) in [5.74, 6) is -1.08. The van der Waals surface area contributed by atoms with Crippen LogP contribution in [-0.4, -0.2) is 54.4 Å². The van der Waals surface area contributed by atoms with Gasteiger partial charge in [-0.1, -0.05) is 0 Å². The van der Waals surface area contributed by atoms with Crippen LogP contribution >= 0.6 is 0 Å². The number of anilines is 1. The van der Waals surface area contributed by atoms with Gasteiger partial charge in [0, 0.05) is 31.8 Å². The predicted octanol–water partition coefficient (Wildman–Crippen LogP) is 2.17. The number of carbonyl (C=O) groups is 1. The molecule has 5 nitrogen and oxygen atoms in total. The van der Waals surface area contributed by atoms with Crippen LogP contribution in [0.25, 0.3) is 0 Å². The first-order valence-corrected chi connectivity index (χ1v) is 6.65. The van der Waals surface area contributed by atoms with Crippen molar-refractivity contribution >= 4 is 17.3 Å². The molecule has 0 saturated carbocycles. The van der Waals surface area contributed by atoms with Crippen LogP contribution in [0.5, 0.6) is 0 Å². The van der Waals surface area contributed by atoms with Crippen molar-refractivity contribution in [2.24, 2.45) is 5.10 Å². The van der Waals surface area contributed by atoms with E-state index in [4.69, 9.17) is 0 Å². The number of amides is 1. The van der Waals surface area contributed by atoms with Gasteiger partial charge >= 0.3 is 0 Å². The van der Waals surface area contributed by atoms with E-state index in [2.05, 4.69) is 5.10 Å². The Morgan fingerprint density at radius 3 is 2.26 bits per heavy atom. The molecule has 0 fully saturated rings. The molecule has 2 rings (SSSR count). The maximum atomic E-state index is 13.1. The number of halogens is 4. The van der Waals surface area contributed by atoms with Gasteiger partial charge in [-0.2, -0.15) is 10.1 Å². The Hall–Kier alpha value is -2.16. The largest absolute Gasteiger partial charge is 0.378 e. The molecule has 0 radical (unpaired) electrons. The average molecular weight is 333 g/mol. The van der Waals surface area contributed by atoms with Crippen LogP contribution in [0.4, 0.5) is 23.2 Å². The minimum absolute atomic E-state index is 0.0455. The Kier molecular flexibility index (Phi) is 4.60. The number of aliphatic hydroxyl groups is 1. The normalized spacial score (nSPS) is 21.1. The molecular weight excluding hydrogens is 318 g/mol. The molecule has 1 unspecified atom stereocenters. The molecule has 23 heavy (non-hydrogen) atoms. The highest BCUT2D eigenvalue weighted by molar-refractivity contribution is 5.99. The second kappa shape index (κ2) is 6.15. The van der Waals surface area contributed by atoms with E-state index in [1.54, 1.807) is 31.1 Å². The van der Waals surface area contributed by atoms with E-state index in [0.717, 1.165) is 5.69 Å². The van der Waals surface area contributed by atoms with Gasteiger partial charge in [0.25, 0.3) is 18.8 Å². The Balaban J connectivity index is 2.34. The molecule has 1 amide bonds. The number of nitrogens with zero attached hydrogens (tertiary/aromatic N) is 3. The number of hydrazone groups is 1. The highest BCUT2D eigenvalue weighted by Crippen LogP contribution is 2.34. The number of hydrogen-bond donors (Lipinski definition) is 1. The lowest BCUT2D eigenvalue weighted by Gasteiger charge is -2.30. The minimum Gasteiger partial charge on any atom is -0.378 e. The zero-order chi connectivity index (χ0) is 17.4. The predicted molar refractivity (Wildman–Crippen MR) is 75.9 cm³/mol. The van der Waals surface area contributed by atoms with Crippen molar-refractivity contribution in [1.29, 1.82) is 0 Å².